The van der Waals surface area contributed by atoms with Crippen LogP contribution >= 0.6 is 0 Å². The molecule has 2 rings (SSSR count). The average Bonchev–Trinajstić information content (AvgIpc) is 3.01. The van der Waals surface area contributed by atoms with E-state index in [-0.39, 0.29) is 5.91 Å². The highest BCUT2D eigenvalue weighted by molar-refractivity contribution is 5.98. The number of rotatable bonds is 5. The van der Waals surface area contributed by atoms with Crippen molar-refractivity contribution in [2.75, 3.05) is 5.32 Å². The van der Waals surface area contributed by atoms with E-state index in [1.807, 2.05) is 26.0 Å². The molecule has 1 aromatic carbocycles. The van der Waals surface area contributed by atoms with Gasteiger partial charge in [0.05, 0.1) is 5.54 Å². The average molecular weight is 274 g/mol. The number of carbonyl (C=O) groups excluding carboxylic acids is 1. The third kappa shape index (κ3) is 2.85. The van der Waals surface area contributed by atoms with Crippen LogP contribution in [0.5, 0.6) is 0 Å². The standard InChI is InChI=1S/C14H18N4O2/c1-3-14(15,4-2)13(19)17-11-7-5-6-10(8-11)12-18-16-9-20-12/h5-9H,3-4,15H2,1-2H3,(H,17,19). The van der Waals surface area contributed by atoms with E-state index in [2.05, 4.69) is 15.5 Å². The van der Waals surface area contributed by atoms with Gasteiger partial charge in [0.2, 0.25) is 18.2 Å². The van der Waals surface area contributed by atoms with Gasteiger partial charge in [-0.15, -0.1) is 10.2 Å². The van der Waals surface area contributed by atoms with Crippen molar-refractivity contribution >= 4 is 11.6 Å². The topological polar surface area (TPSA) is 94.0 Å². The number of nitrogens with one attached hydrogen (secondary N) is 1. The van der Waals surface area contributed by atoms with Crippen molar-refractivity contribution in [2.24, 2.45) is 5.73 Å². The summed E-state index contributed by atoms with van der Waals surface area (Å²) in [4.78, 5) is 12.2. The fourth-order valence-electron chi connectivity index (χ4n) is 1.86. The Bertz CT molecular complexity index is 577. The minimum absolute atomic E-state index is 0.190. The Morgan fingerprint density at radius 1 is 1.40 bits per heavy atom. The summed E-state index contributed by atoms with van der Waals surface area (Å²) < 4.78 is 5.13. The number of carbonyl (C=O) groups is 1. The zero-order valence-corrected chi connectivity index (χ0v) is 11.6. The zero-order valence-electron chi connectivity index (χ0n) is 11.6. The van der Waals surface area contributed by atoms with Crippen molar-refractivity contribution in [3.63, 3.8) is 0 Å². The molecule has 0 unspecified atom stereocenters. The molecular formula is C14H18N4O2. The summed E-state index contributed by atoms with van der Waals surface area (Å²) in [5.74, 6) is 0.219. The van der Waals surface area contributed by atoms with Crippen molar-refractivity contribution in [2.45, 2.75) is 32.2 Å². The molecule has 0 aliphatic carbocycles. The normalized spacial score (nSPS) is 11.3. The molecule has 0 atom stereocenters. The molecule has 0 aliphatic rings. The molecular weight excluding hydrogens is 256 g/mol. The van der Waals surface area contributed by atoms with Crippen molar-refractivity contribution < 1.29 is 9.21 Å². The Hall–Kier alpha value is -2.21. The summed E-state index contributed by atoms with van der Waals surface area (Å²) in [7, 11) is 0. The number of hydrogen-bond acceptors (Lipinski definition) is 5. The molecule has 3 N–H and O–H groups in total. The fourth-order valence-corrected chi connectivity index (χ4v) is 1.86. The van der Waals surface area contributed by atoms with Gasteiger partial charge >= 0.3 is 0 Å². The van der Waals surface area contributed by atoms with E-state index in [1.54, 1.807) is 12.1 Å². The minimum atomic E-state index is -0.847. The van der Waals surface area contributed by atoms with Gasteiger partial charge in [0.15, 0.2) is 0 Å². The Balaban J connectivity index is 2.19. The number of anilines is 1. The summed E-state index contributed by atoms with van der Waals surface area (Å²) in [6.07, 6.45) is 2.43. The first-order valence-corrected chi connectivity index (χ1v) is 6.56. The maximum Gasteiger partial charge on any atom is 0.247 e. The van der Waals surface area contributed by atoms with Gasteiger partial charge in [-0.25, -0.2) is 0 Å². The lowest BCUT2D eigenvalue weighted by Gasteiger charge is -2.25. The first-order chi connectivity index (χ1) is 9.59. The highest BCUT2D eigenvalue weighted by Crippen LogP contribution is 2.22. The largest absolute Gasteiger partial charge is 0.423 e. The van der Waals surface area contributed by atoms with Crippen LogP contribution in [-0.2, 0) is 4.79 Å². The molecule has 0 aliphatic heterocycles. The van der Waals surface area contributed by atoms with Gasteiger partial charge in [-0.05, 0) is 31.0 Å². The molecule has 0 saturated carbocycles. The quantitative estimate of drug-likeness (QED) is 0.871. The summed E-state index contributed by atoms with van der Waals surface area (Å²) in [6.45, 7) is 3.80. The van der Waals surface area contributed by atoms with E-state index in [9.17, 15) is 4.79 Å². The van der Waals surface area contributed by atoms with Crippen LogP contribution in [0.3, 0.4) is 0 Å². The van der Waals surface area contributed by atoms with E-state index in [0.29, 0.717) is 24.4 Å². The van der Waals surface area contributed by atoms with E-state index in [1.165, 1.54) is 6.39 Å². The number of hydrogen-bond donors (Lipinski definition) is 2. The third-order valence-corrected chi connectivity index (χ3v) is 3.44. The Morgan fingerprint density at radius 2 is 2.15 bits per heavy atom. The van der Waals surface area contributed by atoms with Crippen LogP contribution in [0.25, 0.3) is 11.5 Å². The van der Waals surface area contributed by atoms with E-state index in [0.717, 1.165) is 5.56 Å². The van der Waals surface area contributed by atoms with Crippen molar-refractivity contribution in [1.82, 2.24) is 10.2 Å². The maximum atomic E-state index is 12.2. The first-order valence-electron chi connectivity index (χ1n) is 6.56. The van der Waals surface area contributed by atoms with Crippen LogP contribution in [0.1, 0.15) is 26.7 Å². The molecule has 0 saturated heterocycles. The van der Waals surface area contributed by atoms with Crippen LogP contribution in [0.15, 0.2) is 35.1 Å². The first kappa shape index (κ1) is 14.2. The molecule has 2 aromatic rings. The molecule has 1 aromatic heterocycles. The van der Waals surface area contributed by atoms with Gasteiger partial charge in [0, 0.05) is 11.3 Å². The van der Waals surface area contributed by atoms with Crippen LogP contribution in [0.2, 0.25) is 0 Å². The van der Waals surface area contributed by atoms with E-state index in [4.69, 9.17) is 10.2 Å². The molecule has 0 fully saturated rings. The lowest BCUT2D eigenvalue weighted by molar-refractivity contribution is -0.121. The predicted octanol–water partition coefficient (Wildman–Crippen LogP) is 2.19. The molecule has 1 heterocycles. The van der Waals surface area contributed by atoms with Crippen LogP contribution in [-0.4, -0.2) is 21.6 Å². The highest BCUT2D eigenvalue weighted by atomic mass is 16.4. The van der Waals surface area contributed by atoms with E-state index >= 15 is 0 Å². The van der Waals surface area contributed by atoms with Crippen molar-refractivity contribution in [3.8, 4) is 11.5 Å². The summed E-state index contributed by atoms with van der Waals surface area (Å²) in [6, 6.07) is 7.21. The SMILES string of the molecule is CCC(N)(CC)C(=O)Nc1cccc(-c2nnco2)c1. The Morgan fingerprint density at radius 3 is 2.75 bits per heavy atom. The number of nitrogens with zero attached hydrogens (tertiary/aromatic N) is 2. The van der Waals surface area contributed by atoms with Crippen LogP contribution in [0.4, 0.5) is 5.69 Å². The summed E-state index contributed by atoms with van der Waals surface area (Å²) in [5.41, 5.74) is 6.62. The van der Waals surface area contributed by atoms with Gasteiger partial charge in [-0.1, -0.05) is 19.9 Å². The summed E-state index contributed by atoms with van der Waals surface area (Å²) in [5, 5.41) is 10.3. The highest BCUT2D eigenvalue weighted by Gasteiger charge is 2.29. The monoisotopic (exact) mass is 274 g/mol. The Labute approximate surface area is 117 Å². The molecule has 20 heavy (non-hydrogen) atoms. The van der Waals surface area contributed by atoms with E-state index < -0.39 is 5.54 Å². The van der Waals surface area contributed by atoms with Gasteiger partial charge < -0.3 is 15.5 Å². The minimum Gasteiger partial charge on any atom is -0.423 e. The lowest BCUT2D eigenvalue weighted by Crippen LogP contribution is -2.50. The number of amides is 1. The van der Waals surface area contributed by atoms with Gasteiger partial charge in [-0.2, -0.15) is 0 Å². The predicted molar refractivity (Wildman–Crippen MR) is 75.9 cm³/mol. The second kappa shape index (κ2) is 5.83. The lowest BCUT2D eigenvalue weighted by atomic mass is 9.93. The number of benzene rings is 1. The number of aromatic nitrogens is 2. The molecule has 0 radical (unpaired) electrons. The Kier molecular flexibility index (Phi) is 4.14. The molecule has 0 bridgehead atoms. The van der Waals surface area contributed by atoms with Gasteiger partial charge in [0.25, 0.3) is 0 Å². The fraction of sp³-hybridized carbons (Fsp3) is 0.357. The smallest absolute Gasteiger partial charge is 0.247 e. The third-order valence-electron chi connectivity index (χ3n) is 3.44. The second-order valence-corrected chi connectivity index (χ2v) is 4.64. The van der Waals surface area contributed by atoms with Crippen LogP contribution in [0, 0.1) is 0 Å². The summed E-state index contributed by atoms with van der Waals surface area (Å²) >= 11 is 0. The van der Waals surface area contributed by atoms with Crippen molar-refractivity contribution in [1.29, 1.82) is 0 Å². The molecule has 1 amide bonds. The second-order valence-electron chi connectivity index (χ2n) is 4.64. The van der Waals surface area contributed by atoms with Gasteiger partial charge in [-0.3, -0.25) is 4.79 Å². The van der Waals surface area contributed by atoms with Crippen LogP contribution < -0.4 is 11.1 Å². The molecule has 6 heteroatoms. The van der Waals surface area contributed by atoms with Crippen molar-refractivity contribution in [3.05, 3.63) is 30.7 Å². The molecule has 0 spiro atoms. The molecule has 6 nitrogen and oxygen atoms in total. The number of nitrogens with two attached hydrogens (primary N) is 1. The molecule has 106 valence electrons. The zero-order chi connectivity index (χ0) is 14.6. The van der Waals surface area contributed by atoms with Gasteiger partial charge in [0.1, 0.15) is 0 Å². The maximum absolute atomic E-state index is 12.2.